The number of nitrogens with one attached hydrogen (secondary N) is 2. The summed E-state index contributed by atoms with van der Waals surface area (Å²) in [5.41, 5.74) is 0. The van der Waals surface area contributed by atoms with Crippen molar-refractivity contribution in [2.45, 2.75) is 92.2 Å². The fourth-order valence-electron chi connectivity index (χ4n) is 5.11. The highest BCUT2D eigenvalue weighted by Crippen LogP contribution is 2.35. The number of hydrogen-bond donors (Lipinski definition) is 2. The fraction of sp³-hybridized carbons (Fsp3) is 0.952. The highest BCUT2D eigenvalue weighted by atomic mass is 32.1. The van der Waals surface area contributed by atoms with Crippen molar-refractivity contribution in [3.05, 3.63) is 0 Å². The molecule has 0 saturated heterocycles. The van der Waals surface area contributed by atoms with Crippen LogP contribution in [-0.4, -0.2) is 17.2 Å². The Balaban J connectivity index is 1.94. The molecule has 0 heterocycles. The Morgan fingerprint density at radius 1 is 0.750 bits per heavy atom. The van der Waals surface area contributed by atoms with Crippen molar-refractivity contribution in [3.63, 3.8) is 0 Å². The second kappa shape index (κ2) is 8.87. The van der Waals surface area contributed by atoms with Gasteiger partial charge in [0.1, 0.15) is 0 Å². The topological polar surface area (TPSA) is 24.1 Å². The third-order valence-corrected chi connectivity index (χ3v) is 6.91. The van der Waals surface area contributed by atoms with Crippen molar-refractivity contribution in [2.24, 2.45) is 35.5 Å². The van der Waals surface area contributed by atoms with Gasteiger partial charge in [-0.3, -0.25) is 0 Å². The highest BCUT2D eigenvalue weighted by molar-refractivity contribution is 7.80. The lowest BCUT2D eigenvalue weighted by molar-refractivity contribution is 0.175. The molecular formula is C21H40N2S. The molecule has 2 aliphatic rings. The normalized spacial score (nSPS) is 37.5. The molecule has 2 nitrogen and oxygen atoms in total. The first-order valence-corrected chi connectivity index (χ1v) is 10.8. The van der Waals surface area contributed by atoms with Gasteiger partial charge < -0.3 is 10.6 Å². The van der Waals surface area contributed by atoms with Gasteiger partial charge in [-0.1, -0.05) is 54.4 Å². The molecule has 0 aromatic heterocycles. The smallest absolute Gasteiger partial charge is 0.166 e. The molecule has 2 fully saturated rings. The van der Waals surface area contributed by atoms with Crippen molar-refractivity contribution in [2.75, 3.05) is 0 Å². The van der Waals surface area contributed by atoms with E-state index in [1.807, 2.05) is 0 Å². The summed E-state index contributed by atoms with van der Waals surface area (Å²) in [6, 6.07) is 1.10. The molecule has 2 aliphatic carbocycles. The molecule has 3 heteroatoms. The average Bonchev–Trinajstić information content (AvgIpc) is 2.46. The Morgan fingerprint density at radius 3 is 1.46 bits per heavy atom. The van der Waals surface area contributed by atoms with E-state index in [2.05, 4.69) is 52.2 Å². The van der Waals surface area contributed by atoms with E-state index in [1.54, 1.807) is 0 Å². The summed E-state index contributed by atoms with van der Waals surface area (Å²) in [6.45, 7) is 14.2. The molecule has 24 heavy (non-hydrogen) atoms. The summed E-state index contributed by atoms with van der Waals surface area (Å²) in [6.07, 6.45) is 7.95. The molecular weight excluding hydrogens is 312 g/mol. The van der Waals surface area contributed by atoms with Gasteiger partial charge >= 0.3 is 0 Å². The Kier molecular flexibility index (Phi) is 7.39. The molecule has 0 amide bonds. The Morgan fingerprint density at radius 2 is 1.12 bits per heavy atom. The van der Waals surface area contributed by atoms with Crippen LogP contribution in [0.3, 0.4) is 0 Å². The summed E-state index contributed by atoms with van der Waals surface area (Å²) in [5, 5.41) is 8.35. The first-order valence-electron chi connectivity index (χ1n) is 10.3. The molecule has 2 N–H and O–H groups in total. The molecule has 0 unspecified atom stereocenters. The fourth-order valence-corrected chi connectivity index (χ4v) is 5.42. The van der Waals surface area contributed by atoms with Gasteiger partial charge in [0.25, 0.3) is 0 Å². The van der Waals surface area contributed by atoms with Crippen molar-refractivity contribution in [1.82, 2.24) is 10.6 Å². The van der Waals surface area contributed by atoms with E-state index >= 15 is 0 Å². The van der Waals surface area contributed by atoms with Crippen molar-refractivity contribution in [3.8, 4) is 0 Å². The minimum absolute atomic E-state index is 0.548. The van der Waals surface area contributed by atoms with E-state index in [1.165, 1.54) is 38.5 Å². The zero-order valence-corrected chi connectivity index (χ0v) is 17.6. The average molecular weight is 353 g/mol. The second-order valence-electron chi connectivity index (χ2n) is 9.48. The standard InChI is InChI=1S/C21H40N2S/c1-13(2)17-9-7-15(5)11-19(17)22-21(24)23-20-12-16(6)8-10-18(20)14(3)4/h13-20H,7-12H2,1-6H3,(H2,22,23,24)/t15-,16-,17+,18+,19+,20+/m1/s1. The Labute approximate surface area is 155 Å². The van der Waals surface area contributed by atoms with E-state index in [4.69, 9.17) is 12.2 Å². The maximum absolute atomic E-state index is 5.75. The molecule has 0 radical (unpaired) electrons. The van der Waals surface area contributed by atoms with Crippen LogP contribution in [0.5, 0.6) is 0 Å². The lowest BCUT2D eigenvalue weighted by Gasteiger charge is -2.41. The van der Waals surface area contributed by atoms with Crippen LogP contribution in [0.1, 0.15) is 80.1 Å². The predicted molar refractivity (Wildman–Crippen MR) is 109 cm³/mol. The Bertz CT molecular complexity index is 371. The van der Waals surface area contributed by atoms with Gasteiger partial charge in [0.2, 0.25) is 0 Å². The molecule has 0 aromatic rings. The van der Waals surface area contributed by atoms with Crippen LogP contribution in [0, 0.1) is 35.5 Å². The largest absolute Gasteiger partial charge is 0.360 e. The summed E-state index contributed by atoms with van der Waals surface area (Å²) in [4.78, 5) is 0. The van der Waals surface area contributed by atoms with Gasteiger partial charge in [0.05, 0.1) is 0 Å². The summed E-state index contributed by atoms with van der Waals surface area (Å²) in [5.74, 6) is 4.61. The summed E-state index contributed by atoms with van der Waals surface area (Å²) in [7, 11) is 0. The lowest BCUT2D eigenvalue weighted by atomic mass is 9.73. The van der Waals surface area contributed by atoms with Gasteiger partial charge in [0, 0.05) is 12.1 Å². The predicted octanol–water partition coefficient (Wildman–Crippen LogP) is 5.37. The first-order chi connectivity index (χ1) is 11.3. The summed E-state index contributed by atoms with van der Waals surface area (Å²) < 4.78 is 0. The number of rotatable bonds is 4. The van der Waals surface area contributed by atoms with Crippen LogP contribution in [0.4, 0.5) is 0 Å². The van der Waals surface area contributed by atoms with Crippen LogP contribution in [0.2, 0.25) is 0 Å². The molecule has 140 valence electrons. The van der Waals surface area contributed by atoms with Gasteiger partial charge in [-0.25, -0.2) is 0 Å². The molecule has 0 aromatic carbocycles. The quantitative estimate of drug-likeness (QED) is 0.665. The van der Waals surface area contributed by atoms with Gasteiger partial charge in [0.15, 0.2) is 5.11 Å². The molecule has 0 spiro atoms. The molecule has 6 atom stereocenters. The molecule has 0 aliphatic heterocycles. The molecule has 2 rings (SSSR count). The lowest BCUT2D eigenvalue weighted by Crippen LogP contribution is -2.54. The maximum Gasteiger partial charge on any atom is 0.166 e. The summed E-state index contributed by atoms with van der Waals surface area (Å²) >= 11 is 5.75. The van der Waals surface area contributed by atoms with Crippen molar-refractivity contribution in [1.29, 1.82) is 0 Å². The highest BCUT2D eigenvalue weighted by Gasteiger charge is 2.33. The van der Waals surface area contributed by atoms with Gasteiger partial charge in [-0.15, -0.1) is 0 Å². The molecule has 2 saturated carbocycles. The number of thiocarbonyl (C=S) groups is 1. The van der Waals surface area contributed by atoms with Crippen LogP contribution >= 0.6 is 12.2 Å². The van der Waals surface area contributed by atoms with E-state index in [0.717, 1.165) is 40.6 Å². The van der Waals surface area contributed by atoms with Crippen molar-refractivity contribution >= 4 is 17.3 Å². The van der Waals surface area contributed by atoms with Crippen molar-refractivity contribution < 1.29 is 0 Å². The van der Waals surface area contributed by atoms with Gasteiger partial charge in [-0.2, -0.15) is 0 Å². The van der Waals surface area contributed by atoms with Crippen LogP contribution in [-0.2, 0) is 0 Å². The maximum atomic E-state index is 5.75. The third kappa shape index (κ3) is 5.34. The minimum atomic E-state index is 0.548. The number of hydrogen-bond acceptors (Lipinski definition) is 1. The molecule has 0 bridgehead atoms. The van der Waals surface area contributed by atoms with Gasteiger partial charge in [-0.05, 0) is 73.4 Å². The van der Waals surface area contributed by atoms with Crippen LogP contribution < -0.4 is 10.6 Å². The second-order valence-corrected chi connectivity index (χ2v) is 9.89. The monoisotopic (exact) mass is 352 g/mol. The first kappa shape index (κ1) is 20.0. The van der Waals surface area contributed by atoms with Crippen LogP contribution in [0.25, 0.3) is 0 Å². The van der Waals surface area contributed by atoms with E-state index < -0.39 is 0 Å². The minimum Gasteiger partial charge on any atom is -0.360 e. The SMILES string of the molecule is CC(C)[C@@H]1CC[C@@H](C)C[C@@H]1NC(=S)N[C@H]1C[C@H](C)CC[C@H]1C(C)C. The Hall–Kier alpha value is -0.310. The zero-order chi connectivity index (χ0) is 17.9. The third-order valence-electron chi connectivity index (χ3n) is 6.68. The van der Waals surface area contributed by atoms with E-state index in [-0.39, 0.29) is 0 Å². The van der Waals surface area contributed by atoms with E-state index in [0.29, 0.717) is 12.1 Å². The van der Waals surface area contributed by atoms with Crippen LogP contribution in [0.15, 0.2) is 0 Å². The van der Waals surface area contributed by atoms with E-state index in [9.17, 15) is 0 Å². The zero-order valence-electron chi connectivity index (χ0n) is 16.8.